The van der Waals surface area contributed by atoms with E-state index in [4.69, 9.17) is 19.4 Å². The highest BCUT2D eigenvalue weighted by Gasteiger charge is 2.40. The van der Waals surface area contributed by atoms with Gasteiger partial charge in [0.15, 0.2) is 17.5 Å². The van der Waals surface area contributed by atoms with E-state index in [9.17, 15) is 0 Å². The van der Waals surface area contributed by atoms with Crippen LogP contribution in [0.25, 0.3) is 111 Å². The fourth-order valence-electron chi connectivity index (χ4n) is 11.1. The molecule has 2 aliphatic carbocycles. The highest BCUT2D eigenvalue weighted by Crippen LogP contribution is 2.55. The minimum Gasteiger partial charge on any atom is -0.455 e. The Labute approximate surface area is 365 Å². The average molecular weight is 808 g/mol. The quantitative estimate of drug-likeness (QED) is 0.166. The normalized spacial score (nSPS) is 14.3. The zero-order valence-electron chi connectivity index (χ0n) is 35.5. The van der Waals surface area contributed by atoms with Crippen LogP contribution in [0.15, 0.2) is 180 Å². The van der Waals surface area contributed by atoms with E-state index in [1.54, 1.807) is 0 Å². The summed E-state index contributed by atoms with van der Waals surface area (Å²) in [4.78, 5) is 16.4. The van der Waals surface area contributed by atoms with Crippen molar-refractivity contribution < 1.29 is 4.42 Å². The molecule has 13 rings (SSSR count). The van der Waals surface area contributed by atoms with Gasteiger partial charge in [0.2, 0.25) is 0 Å². The van der Waals surface area contributed by atoms with Gasteiger partial charge in [-0.25, -0.2) is 15.0 Å². The fraction of sp³-hybridized carbons (Fsp3) is 0.102. The van der Waals surface area contributed by atoms with Gasteiger partial charge in [0.05, 0.1) is 0 Å². The molecule has 0 aliphatic heterocycles. The van der Waals surface area contributed by atoms with Crippen molar-refractivity contribution in [1.82, 2.24) is 15.0 Å². The zero-order chi connectivity index (χ0) is 42.2. The third-order valence-electron chi connectivity index (χ3n) is 14.1. The molecular weight excluding hydrogens is 767 g/mol. The molecule has 0 saturated carbocycles. The van der Waals surface area contributed by atoms with Crippen molar-refractivity contribution in [2.45, 2.75) is 38.5 Å². The Balaban J connectivity index is 1.11. The summed E-state index contributed by atoms with van der Waals surface area (Å²) in [5.74, 6) is 1.85. The van der Waals surface area contributed by atoms with Crippen LogP contribution in [0.2, 0.25) is 0 Å². The summed E-state index contributed by atoms with van der Waals surface area (Å²) in [5.41, 5.74) is 16.4. The number of para-hydroxylation sites is 1. The molecule has 4 nitrogen and oxygen atoms in total. The number of aromatic nitrogens is 3. The summed E-state index contributed by atoms with van der Waals surface area (Å²) in [5, 5.41) is 6.93. The molecule has 0 radical (unpaired) electrons. The SMILES string of the molecule is CC1(C)c2ccccc2-c2c1cc(-c1nc(-c3ccc4ccc5ccc6c(c5c4c3)C(C)(C)c3ccccc3-6)nc(-c3ccccc3-c3ccccc3)n1)c1c2oc2ccccc21. The van der Waals surface area contributed by atoms with Gasteiger partial charge in [-0.1, -0.05) is 185 Å². The molecule has 0 atom stereocenters. The van der Waals surface area contributed by atoms with E-state index in [1.807, 2.05) is 6.07 Å². The lowest BCUT2D eigenvalue weighted by molar-refractivity contribution is 0.653. The van der Waals surface area contributed by atoms with Crippen molar-refractivity contribution >= 4 is 43.5 Å². The van der Waals surface area contributed by atoms with Gasteiger partial charge in [0.25, 0.3) is 0 Å². The molecule has 0 fully saturated rings. The molecule has 0 amide bonds. The van der Waals surface area contributed by atoms with Crippen LogP contribution in [0.4, 0.5) is 0 Å². The summed E-state index contributed by atoms with van der Waals surface area (Å²) in [6.45, 7) is 9.36. The molecule has 9 aromatic carbocycles. The largest absolute Gasteiger partial charge is 0.455 e. The maximum absolute atomic E-state index is 6.91. The number of nitrogens with zero attached hydrogens (tertiary/aromatic N) is 3. The van der Waals surface area contributed by atoms with Crippen LogP contribution in [-0.2, 0) is 10.8 Å². The van der Waals surface area contributed by atoms with Crippen molar-refractivity contribution in [2.75, 3.05) is 0 Å². The topological polar surface area (TPSA) is 51.8 Å². The molecule has 11 aromatic rings. The van der Waals surface area contributed by atoms with Crippen molar-refractivity contribution in [2.24, 2.45) is 0 Å². The van der Waals surface area contributed by atoms with Gasteiger partial charge in [-0.15, -0.1) is 0 Å². The predicted octanol–water partition coefficient (Wildman–Crippen LogP) is 15.4. The number of fused-ring (bicyclic) bond motifs is 14. The van der Waals surface area contributed by atoms with Gasteiger partial charge in [-0.2, -0.15) is 0 Å². The van der Waals surface area contributed by atoms with Crippen LogP contribution in [0.5, 0.6) is 0 Å². The van der Waals surface area contributed by atoms with Crippen LogP contribution in [-0.4, -0.2) is 15.0 Å². The average Bonchev–Trinajstić information content (AvgIpc) is 3.91. The van der Waals surface area contributed by atoms with Crippen LogP contribution in [0, 0.1) is 0 Å². The number of furan rings is 1. The molecule has 0 unspecified atom stereocenters. The number of benzene rings is 9. The Kier molecular flexibility index (Phi) is 7.38. The highest BCUT2D eigenvalue weighted by atomic mass is 16.3. The molecule has 63 heavy (non-hydrogen) atoms. The zero-order valence-corrected chi connectivity index (χ0v) is 35.5. The summed E-state index contributed by atoms with van der Waals surface area (Å²) in [7, 11) is 0. The van der Waals surface area contributed by atoms with Crippen molar-refractivity contribution in [1.29, 1.82) is 0 Å². The van der Waals surface area contributed by atoms with Gasteiger partial charge in [0, 0.05) is 43.9 Å². The molecule has 2 aliphatic rings. The van der Waals surface area contributed by atoms with Gasteiger partial charge in [-0.3, -0.25) is 0 Å². The standard InChI is InChI=1S/C59H41N3O/c1-58(2)47-24-14-11-21-42(47)52-48(58)33-45(51-43-22-12-15-25-49(43)63-54(51)52)57-61-55(60-56(62-57)41-20-9-8-18-38(41)34-16-6-5-7-17-34)37-29-27-35-26-28-36-30-31-40-39-19-10-13-23-46(39)59(3,4)53(40)50(36)44(35)32-37/h5-33H,1-4H3. The van der Waals surface area contributed by atoms with Gasteiger partial charge < -0.3 is 4.42 Å². The maximum Gasteiger partial charge on any atom is 0.164 e. The second kappa shape index (κ2) is 12.9. The Hall–Kier alpha value is -7.69. The van der Waals surface area contributed by atoms with E-state index >= 15 is 0 Å². The van der Waals surface area contributed by atoms with E-state index in [0.717, 1.165) is 55.3 Å². The van der Waals surface area contributed by atoms with Crippen LogP contribution in [0.3, 0.4) is 0 Å². The van der Waals surface area contributed by atoms with Crippen LogP contribution < -0.4 is 0 Å². The third-order valence-corrected chi connectivity index (χ3v) is 14.1. The molecule has 298 valence electrons. The third kappa shape index (κ3) is 5.06. The first kappa shape index (κ1) is 36.0. The van der Waals surface area contributed by atoms with Crippen molar-refractivity contribution in [3.8, 4) is 67.5 Å². The summed E-state index contributed by atoms with van der Waals surface area (Å²) < 4.78 is 6.91. The Bertz CT molecular complexity index is 3740. The first-order chi connectivity index (χ1) is 30.8. The van der Waals surface area contributed by atoms with E-state index in [0.29, 0.717) is 17.5 Å². The minimum absolute atomic E-state index is 0.176. The molecule has 0 N–H and O–H groups in total. The van der Waals surface area contributed by atoms with Gasteiger partial charge >= 0.3 is 0 Å². The van der Waals surface area contributed by atoms with Crippen LogP contribution in [0.1, 0.15) is 49.9 Å². The Morgan fingerprint density at radius 1 is 0.381 bits per heavy atom. The molecule has 0 spiro atoms. The Morgan fingerprint density at radius 2 is 0.984 bits per heavy atom. The van der Waals surface area contributed by atoms with E-state index in [-0.39, 0.29) is 10.8 Å². The van der Waals surface area contributed by atoms with E-state index in [1.165, 1.54) is 60.5 Å². The van der Waals surface area contributed by atoms with Gasteiger partial charge in [-0.05, 0) is 89.8 Å². The maximum atomic E-state index is 6.91. The predicted molar refractivity (Wildman–Crippen MR) is 259 cm³/mol. The van der Waals surface area contributed by atoms with Crippen molar-refractivity contribution in [3.63, 3.8) is 0 Å². The molecule has 0 bridgehead atoms. The number of rotatable bonds is 4. The molecule has 2 aromatic heterocycles. The lowest BCUT2D eigenvalue weighted by Gasteiger charge is -2.24. The highest BCUT2D eigenvalue weighted by molar-refractivity contribution is 6.18. The van der Waals surface area contributed by atoms with E-state index < -0.39 is 0 Å². The molecule has 2 heterocycles. The molecular formula is C59H41N3O. The first-order valence-corrected chi connectivity index (χ1v) is 21.9. The molecule has 0 saturated heterocycles. The lowest BCUT2D eigenvalue weighted by Crippen LogP contribution is -2.15. The second-order valence-corrected chi connectivity index (χ2v) is 18.3. The van der Waals surface area contributed by atoms with E-state index in [2.05, 4.69) is 198 Å². The van der Waals surface area contributed by atoms with Gasteiger partial charge in [0.1, 0.15) is 11.2 Å². The summed E-state index contributed by atoms with van der Waals surface area (Å²) in [6, 6.07) is 63.1. The minimum atomic E-state index is -0.278. The second-order valence-electron chi connectivity index (χ2n) is 18.3. The lowest BCUT2D eigenvalue weighted by atomic mass is 9.79. The van der Waals surface area contributed by atoms with Crippen LogP contribution >= 0.6 is 0 Å². The number of hydrogen-bond acceptors (Lipinski definition) is 4. The fourth-order valence-corrected chi connectivity index (χ4v) is 11.1. The Morgan fingerprint density at radius 3 is 1.79 bits per heavy atom. The summed E-state index contributed by atoms with van der Waals surface area (Å²) >= 11 is 0. The van der Waals surface area contributed by atoms with Crippen molar-refractivity contribution in [3.05, 3.63) is 198 Å². The first-order valence-electron chi connectivity index (χ1n) is 21.9. The monoisotopic (exact) mass is 807 g/mol. The summed E-state index contributed by atoms with van der Waals surface area (Å²) in [6.07, 6.45) is 0. The molecule has 4 heteroatoms. The smallest absolute Gasteiger partial charge is 0.164 e. The number of hydrogen-bond donors (Lipinski definition) is 0.